The van der Waals surface area contributed by atoms with E-state index in [1.54, 1.807) is 23.5 Å². The van der Waals surface area contributed by atoms with Gasteiger partial charge in [0.1, 0.15) is 0 Å². The van der Waals surface area contributed by atoms with Crippen LogP contribution in [0, 0.1) is 26.2 Å². The number of hydrogen-bond donors (Lipinski definition) is 0. The zero-order chi connectivity index (χ0) is 23.6. The Balaban J connectivity index is 2.10. The maximum atomic E-state index is 9.07. The number of thioether (sulfide) groups is 2. The smallest absolute Gasteiger partial charge is 0.0901 e. The summed E-state index contributed by atoms with van der Waals surface area (Å²) in [4.78, 5) is 0. The summed E-state index contributed by atoms with van der Waals surface area (Å²) in [5.74, 6) is 1.56. The number of nitriles is 2. The second-order valence-electron chi connectivity index (χ2n) is 7.24. The molecular formula is C27H23N2PS4. The van der Waals surface area contributed by atoms with Gasteiger partial charge in [0.05, 0.1) is 24.1 Å². The molecule has 0 aliphatic heterocycles. The van der Waals surface area contributed by atoms with Gasteiger partial charge in [-0.15, -0.1) is 46.2 Å². The van der Waals surface area contributed by atoms with E-state index in [1.165, 1.54) is 27.9 Å². The van der Waals surface area contributed by atoms with Crippen molar-refractivity contribution >= 4 is 69.0 Å². The molecule has 170 valence electrons. The minimum absolute atomic E-state index is 0.529. The normalized spacial score (nSPS) is 11.0. The van der Waals surface area contributed by atoms with E-state index in [0.29, 0.717) is 12.8 Å². The van der Waals surface area contributed by atoms with E-state index < -0.39 is 6.89 Å². The second kappa shape index (κ2) is 12.5. The van der Waals surface area contributed by atoms with Gasteiger partial charge < -0.3 is 0 Å². The molecule has 34 heavy (non-hydrogen) atoms. The molecule has 0 radical (unpaired) electrons. The fraction of sp³-hybridized carbons (Fsp3) is 0.148. The van der Waals surface area contributed by atoms with E-state index in [4.69, 9.17) is 10.5 Å². The van der Waals surface area contributed by atoms with Crippen LogP contribution in [-0.2, 0) is 0 Å². The molecule has 0 fully saturated rings. The van der Waals surface area contributed by atoms with Crippen LogP contribution in [0.2, 0.25) is 0 Å². The summed E-state index contributed by atoms with van der Waals surface area (Å²) in [7, 11) is 0. The highest BCUT2D eigenvalue weighted by molar-refractivity contribution is 8.05. The first-order valence-electron chi connectivity index (χ1n) is 10.8. The minimum Gasteiger partial charge on any atom is -0.198 e. The van der Waals surface area contributed by atoms with Crippen molar-refractivity contribution in [1.29, 1.82) is 10.5 Å². The second-order valence-corrected chi connectivity index (χ2v) is 16.2. The van der Waals surface area contributed by atoms with Crippen LogP contribution in [0.5, 0.6) is 0 Å². The van der Waals surface area contributed by atoms with E-state index in [1.807, 2.05) is 22.7 Å². The molecule has 0 bridgehead atoms. The molecule has 0 saturated carbocycles. The van der Waals surface area contributed by atoms with Gasteiger partial charge >= 0.3 is 0 Å². The number of benzene rings is 3. The van der Waals surface area contributed by atoms with Gasteiger partial charge in [0.25, 0.3) is 0 Å². The number of nitrogens with zero attached hydrogens (tertiary/aromatic N) is 2. The van der Waals surface area contributed by atoms with Crippen molar-refractivity contribution in [3.63, 3.8) is 0 Å². The van der Waals surface area contributed by atoms with Gasteiger partial charge in [-0.1, -0.05) is 91.0 Å². The van der Waals surface area contributed by atoms with Crippen LogP contribution in [0.3, 0.4) is 0 Å². The Morgan fingerprint density at radius 3 is 1.26 bits per heavy atom. The predicted octanol–water partition coefficient (Wildman–Crippen LogP) is 7.35. The number of hydrogen-bond acceptors (Lipinski definition) is 6. The largest absolute Gasteiger partial charge is 0.198 e. The summed E-state index contributed by atoms with van der Waals surface area (Å²) >= 11 is 7.30. The monoisotopic (exact) mass is 534 g/mol. The first kappa shape index (κ1) is 24.9. The Morgan fingerprint density at radius 1 is 0.588 bits per heavy atom. The van der Waals surface area contributed by atoms with E-state index in [-0.39, 0.29) is 0 Å². The highest BCUT2D eigenvalue weighted by Crippen LogP contribution is 2.54. The summed E-state index contributed by atoms with van der Waals surface area (Å²) < 4.78 is 3.94. The summed E-state index contributed by atoms with van der Waals surface area (Å²) in [5, 5.41) is 22.2. The van der Waals surface area contributed by atoms with Crippen molar-refractivity contribution in [3.05, 3.63) is 94.6 Å². The van der Waals surface area contributed by atoms with Crippen LogP contribution in [-0.4, -0.2) is 11.5 Å². The Hall–Kier alpha value is -2.18. The summed E-state index contributed by atoms with van der Waals surface area (Å²) in [6.45, 7) is -2.11. The third-order valence-electron chi connectivity index (χ3n) is 5.13. The standard InChI is InChI=1S/C27H23N2PS4/c28-18-10-20-31-25-26(32-21-11-19-29)34-27(33-25)30(22-12-4-1-5-13-22,23-14-6-2-7-15-23)24-16-8-3-9-17-24/h1-9,12-17H,10-11,20-21H2. The molecule has 0 aliphatic carbocycles. The van der Waals surface area contributed by atoms with E-state index in [2.05, 4.69) is 103 Å². The lowest BCUT2D eigenvalue weighted by Gasteiger charge is -2.27. The topological polar surface area (TPSA) is 47.6 Å². The van der Waals surface area contributed by atoms with Gasteiger partial charge in [-0.2, -0.15) is 10.5 Å². The average Bonchev–Trinajstić information content (AvgIpc) is 3.30. The van der Waals surface area contributed by atoms with E-state index in [0.717, 1.165) is 11.5 Å². The molecule has 0 unspecified atom stereocenters. The average molecular weight is 535 g/mol. The SMILES string of the molecule is N#CCCSc1sc(=P(c2ccccc2)(c2ccccc2)c2ccccc2)sc1SCCC#N. The van der Waals surface area contributed by atoms with Gasteiger partial charge in [0, 0.05) is 31.2 Å². The minimum atomic E-state index is -2.11. The Labute approximate surface area is 217 Å². The molecule has 4 rings (SSSR count). The van der Waals surface area contributed by atoms with Gasteiger partial charge in [-0.3, -0.25) is 0 Å². The lowest BCUT2D eigenvalue weighted by Crippen LogP contribution is -2.25. The summed E-state index contributed by atoms with van der Waals surface area (Å²) in [5.41, 5.74) is 0. The Kier molecular flexibility index (Phi) is 9.17. The third kappa shape index (κ3) is 5.38. The highest BCUT2D eigenvalue weighted by Gasteiger charge is 2.28. The lowest BCUT2D eigenvalue weighted by molar-refractivity contribution is 1.23. The lowest BCUT2D eigenvalue weighted by atomic mass is 10.4. The summed E-state index contributed by atoms with van der Waals surface area (Å²) in [6.07, 6.45) is 1.06. The zero-order valence-corrected chi connectivity index (χ0v) is 22.6. The highest BCUT2D eigenvalue weighted by atomic mass is 32.2. The molecule has 4 aromatic rings. The Bertz CT molecular complexity index is 1240. The number of rotatable bonds is 9. The fourth-order valence-electron chi connectivity index (χ4n) is 3.67. The maximum absolute atomic E-state index is 9.07. The molecule has 0 saturated heterocycles. The zero-order valence-electron chi connectivity index (χ0n) is 18.5. The molecule has 2 nitrogen and oxygen atoms in total. The van der Waals surface area contributed by atoms with Gasteiger partial charge in [-0.05, 0) is 15.9 Å². The molecular weight excluding hydrogens is 512 g/mol. The van der Waals surface area contributed by atoms with E-state index in [9.17, 15) is 0 Å². The molecule has 7 heteroatoms. The van der Waals surface area contributed by atoms with Crippen molar-refractivity contribution in [1.82, 2.24) is 0 Å². The molecule has 0 N–H and O–H groups in total. The molecule has 1 heterocycles. The van der Waals surface area contributed by atoms with E-state index >= 15 is 0 Å². The van der Waals surface area contributed by atoms with Gasteiger partial charge in [0.15, 0.2) is 0 Å². The van der Waals surface area contributed by atoms with Crippen molar-refractivity contribution in [2.45, 2.75) is 21.3 Å². The molecule has 3 aromatic carbocycles. The van der Waals surface area contributed by atoms with Gasteiger partial charge in [0.2, 0.25) is 0 Å². The van der Waals surface area contributed by atoms with Crippen molar-refractivity contribution in [3.8, 4) is 12.1 Å². The van der Waals surface area contributed by atoms with Crippen molar-refractivity contribution in [2.24, 2.45) is 0 Å². The van der Waals surface area contributed by atoms with Crippen LogP contribution < -0.4 is 15.9 Å². The first-order chi connectivity index (χ1) is 16.8. The molecule has 1 aromatic heterocycles. The fourth-order valence-corrected chi connectivity index (χ4v) is 16.1. The summed E-state index contributed by atoms with van der Waals surface area (Å²) in [6, 6.07) is 37.2. The quantitative estimate of drug-likeness (QED) is 0.128. The molecule has 0 spiro atoms. The van der Waals surface area contributed by atoms with Crippen molar-refractivity contribution in [2.75, 3.05) is 11.5 Å². The van der Waals surface area contributed by atoms with Crippen molar-refractivity contribution < 1.29 is 0 Å². The third-order valence-corrected chi connectivity index (χ3v) is 16.2. The first-order valence-corrected chi connectivity index (χ1v) is 16.2. The van der Waals surface area contributed by atoms with Crippen LogP contribution in [0.4, 0.5) is 0 Å². The molecule has 0 amide bonds. The van der Waals surface area contributed by atoms with Crippen LogP contribution >= 0.6 is 53.1 Å². The van der Waals surface area contributed by atoms with Crippen LogP contribution in [0.15, 0.2) is 99.4 Å². The van der Waals surface area contributed by atoms with Crippen LogP contribution in [0.1, 0.15) is 12.8 Å². The van der Waals surface area contributed by atoms with Gasteiger partial charge in [-0.25, -0.2) is 0 Å². The maximum Gasteiger partial charge on any atom is 0.0901 e. The van der Waals surface area contributed by atoms with Crippen LogP contribution in [0.25, 0.3) is 0 Å². The predicted molar refractivity (Wildman–Crippen MR) is 152 cm³/mol. The Morgan fingerprint density at radius 2 is 0.941 bits per heavy atom. The molecule has 0 aliphatic rings. The molecule has 0 atom stereocenters.